The molecule has 0 spiro atoms. The summed E-state index contributed by atoms with van der Waals surface area (Å²) < 4.78 is 0. The highest BCUT2D eigenvalue weighted by atomic mass is 32.2. The van der Waals surface area contributed by atoms with Gasteiger partial charge in [0.25, 0.3) is 5.91 Å². The van der Waals surface area contributed by atoms with Crippen LogP contribution in [0, 0.1) is 0 Å². The molecule has 13 heavy (non-hydrogen) atoms. The number of fused-ring (bicyclic) bond motifs is 1. The summed E-state index contributed by atoms with van der Waals surface area (Å²) in [5.41, 5.74) is 5.52. The number of carbonyl (C=O) groups is 2. The summed E-state index contributed by atoms with van der Waals surface area (Å²) in [4.78, 5) is 23.3. The molecule has 0 aliphatic carbocycles. The number of nitrogens with zero attached hydrogens (tertiary/aromatic N) is 1. The van der Waals surface area contributed by atoms with Gasteiger partial charge in [-0.05, 0) is 6.08 Å². The minimum atomic E-state index is -0.859. The number of carbonyl (C=O) groups excluding carboxylic acids is 1. The van der Waals surface area contributed by atoms with Gasteiger partial charge in [0.2, 0.25) is 5.37 Å². The molecule has 3 N–H and O–H groups in total. The fourth-order valence-corrected chi connectivity index (χ4v) is 3.27. The monoisotopic (exact) mass is 201 g/mol. The molecule has 0 radical (unpaired) electrons. The minimum absolute atomic E-state index is 0.181. The van der Waals surface area contributed by atoms with Crippen LogP contribution in [-0.4, -0.2) is 38.4 Å². The van der Waals surface area contributed by atoms with Crippen molar-refractivity contribution in [2.45, 2.75) is 11.4 Å². The molecule has 1 saturated heterocycles. The van der Waals surface area contributed by atoms with Crippen molar-refractivity contribution < 1.29 is 14.7 Å². The van der Waals surface area contributed by atoms with Gasteiger partial charge in [0.05, 0.1) is 0 Å². The Labute approximate surface area is 77.5 Å². The van der Waals surface area contributed by atoms with Gasteiger partial charge in [-0.25, -0.2) is 0 Å². The number of nitrogens with two attached hydrogens (primary N) is 1. The number of hydrogen-bond acceptors (Lipinski definition) is 3. The first-order valence-corrected chi connectivity index (χ1v) is 5.25. The number of carboxylic acid groups (broad SMARTS) is 1. The lowest BCUT2D eigenvalue weighted by Crippen LogP contribution is -2.71. The Hall–Kier alpha value is -1.01. The molecule has 0 bridgehead atoms. The third-order valence-electron chi connectivity index (χ3n) is 2.18. The molecule has 0 aromatic carbocycles. The summed E-state index contributed by atoms with van der Waals surface area (Å²) >= 11 is 0. The quantitative estimate of drug-likeness (QED) is 0.401. The smallest absolute Gasteiger partial charge is 0.441 e. The molecule has 2 aliphatic heterocycles. The molecule has 1 amide bonds. The Balaban J connectivity index is 2.23. The van der Waals surface area contributed by atoms with Gasteiger partial charge in [0.1, 0.15) is 16.6 Å². The van der Waals surface area contributed by atoms with E-state index in [2.05, 4.69) is 0 Å². The van der Waals surface area contributed by atoms with E-state index in [0.29, 0.717) is 5.75 Å². The van der Waals surface area contributed by atoms with Crippen LogP contribution in [0.3, 0.4) is 0 Å². The van der Waals surface area contributed by atoms with Crippen molar-refractivity contribution in [1.29, 1.82) is 0 Å². The predicted octanol–water partition coefficient (Wildman–Crippen LogP) is -0.694. The largest absolute Gasteiger partial charge is 0.525 e. The lowest BCUT2D eigenvalue weighted by Gasteiger charge is -2.41. The number of rotatable bonds is 0. The van der Waals surface area contributed by atoms with Crippen molar-refractivity contribution in [1.82, 2.24) is 4.90 Å². The van der Waals surface area contributed by atoms with E-state index in [1.807, 2.05) is 0 Å². The van der Waals surface area contributed by atoms with Gasteiger partial charge in [-0.2, -0.15) is 4.79 Å². The molecule has 2 aliphatic rings. The fraction of sp³-hybridized carbons (Fsp3) is 0.429. The second-order valence-corrected chi connectivity index (χ2v) is 4.93. The van der Waals surface area contributed by atoms with Crippen LogP contribution in [0.4, 0.5) is 4.79 Å². The van der Waals surface area contributed by atoms with Crippen LogP contribution in [0.25, 0.3) is 0 Å². The number of amides is 1. The average Bonchev–Trinajstić information content (AvgIpc) is 2.15. The third kappa shape index (κ3) is 1.06. The maximum Gasteiger partial charge on any atom is 0.525 e. The van der Waals surface area contributed by atoms with E-state index in [-0.39, 0.29) is 11.3 Å². The summed E-state index contributed by atoms with van der Waals surface area (Å²) in [6.45, 7) is 0. The average molecular weight is 201 g/mol. The molecule has 5 nitrogen and oxygen atoms in total. The van der Waals surface area contributed by atoms with Gasteiger partial charge in [0.15, 0.2) is 6.04 Å². The summed E-state index contributed by atoms with van der Waals surface area (Å²) in [5.74, 6) is 0.303. The molecule has 70 valence electrons. The summed E-state index contributed by atoms with van der Waals surface area (Å²) in [7, 11) is -0.825. The van der Waals surface area contributed by atoms with E-state index >= 15 is 0 Å². The van der Waals surface area contributed by atoms with Gasteiger partial charge < -0.3 is 10.8 Å². The molecule has 2 unspecified atom stereocenters. The maximum absolute atomic E-state index is 11.1. The van der Waals surface area contributed by atoms with Crippen LogP contribution in [0.2, 0.25) is 0 Å². The summed E-state index contributed by atoms with van der Waals surface area (Å²) in [6.07, 6.45) is 3.33. The summed E-state index contributed by atoms with van der Waals surface area (Å²) in [5, 5.41) is 7.68. The van der Waals surface area contributed by atoms with Crippen molar-refractivity contribution in [2.75, 3.05) is 5.75 Å². The lowest BCUT2D eigenvalue weighted by molar-refractivity contribution is -0.140. The Morgan fingerprint density at radius 2 is 2.46 bits per heavy atom. The zero-order valence-electron chi connectivity index (χ0n) is 6.71. The van der Waals surface area contributed by atoms with Crippen molar-refractivity contribution in [3.8, 4) is 0 Å². The molecule has 1 fully saturated rings. The van der Waals surface area contributed by atoms with Crippen LogP contribution < -0.4 is 5.73 Å². The Kier molecular flexibility index (Phi) is 1.81. The van der Waals surface area contributed by atoms with Crippen LogP contribution >= 0.6 is 0 Å². The lowest BCUT2D eigenvalue weighted by atomic mass is 10.1. The molecule has 2 rings (SSSR count). The van der Waals surface area contributed by atoms with Gasteiger partial charge >= 0.3 is 5.30 Å². The molecule has 0 aromatic heterocycles. The van der Waals surface area contributed by atoms with Gasteiger partial charge in [-0.15, -0.1) is 0 Å². The molecule has 0 saturated carbocycles. The first-order chi connectivity index (χ1) is 6.13. The van der Waals surface area contributed by atoms with Crippen molar-refractivity contribution in [3.05, 3.63) is 12.3 Å². The highest BCUT2D eigenvalue weighted by Crippen LogP contribution is 2.29. The molecule has 6 heteroatoms. The van der Waals surface area contributed by atoms with Crippen LogP contribution in [-0.2, 0) is 15.7 Å². The van der Waals surface area contributed by atoms with E-state index in [4.69, 9.17) is 10.8 Å². The highest BCUT2D eigenvalue weighted by molar-refractivity contribution is 8.11. The second-order valence-electron chi connectivity index (χ2n) is 2.91. The van der Waals surface area contributed by atoms with E-state index < -0.39 is 22.2 Å². The maximum atomic E-state index is 11.1. The molecular formula is C7H9N2O3S+. The van der Waals surface area contributed by atoms with Gasteiger partial charge in [-0.1, -0.05) is 0 Å². The van der Waals surface area contributed by atoms with E-state index in [1.54, 1.807) is 12.3 Å². The predicted molar refractivity (Wildman–Crippen MR) is 48.0 cm³/mol. The van der Waals surface area contributed by atoms with Crippen molar-refractivity contribution in [3.63, 3.8) is 0 Å². The number of hydrogen-bond donors (Lipinski definition) is 2. The molecular weight excluding hydrogens is 192 g/mol. The van der Waals surface area contributed by atoms with Gasteiger partial charge in [0, 0.05) is 6.20 Å². The number of β-lactam (4-membered cyclic amide) rings is 1. The first kappa shape index (κ1) is 8.58. The topological polar surface area (TPSA) is 83.6 Å². The third-order valence-corrected chi connectivity index (χ3v) is 4.28. The molecule has 3 atom stereocenters. The van der Waals surface area contributed by atoms with Crippen molar-refractivity contribution in [2.24, 2.45) is 5.73 Å². The van der Waals surface area contributed by atoms with E-state index in [1.165, 1.54) is 4.90 Å². The zero-order valence-corrected chi connectivity index (χ0v) is 7.53. The van der Waals surface area contributed by atoms with Crippen LogP contribution in [0.15, 0.2) is 12.3 Å². The Bertz CT molecular complexity index is 304. The van der Waals surface area contributed by atoms with Gasteiger partial charge in [-0.3, -0.25) is 9.69 Å². The molecule has 2 heterocycles. The zero-order chi connectivity index (χ0) is 9.59. The Morgan fingerprint density at radius 3 is 3.08 bits per heavy atom. The second kappa shape index (κ2) is 2.74. The summed E-state index contributed by atoms with van der Waals surface area (Å²) in [6, 6.07) is -0.621. The minimum Gasteiger partial charge on any atom is -0.441 e. The van der Waals surface area contributed by atoms with Crippen molar-refractivity contribution >= 4 is 22.1 Å². The Morgan fingerprint density at radius 1 is 1.77 bits per heavy atom. The fourth-order valence-electron chi connectivity index (χ4n) is 1.52. The van der Waals surface area contributed by atoms with Crippen LogP contribution in [0.5, 0.6) is 0 Å². The molecule has 0 aromatic rings. The first-order valence-electron chi connectivity index (χ1n) is 3.80. The standard InChI is InChI=1S/C7H8N2O3S/c8-4-5(10)9-2-1-3-13(6(4)9)7(11)12/h1-2,4,6H,3,8H2/p+1/t4?,6-,13?/m1/s1. The normalized spacial score (nSPS) is 36.8. The van der Waals surface area contributed by atoms with E-state index in [0.717, 1.165) is 0 Å². The SMILES string of the molecule is NC1C(=O)N2C=CC[S+](C(=O)O)[C@H]12. The van der Waals surface area contributed by atoms with Crippen LogP contribution in [0.1, 0.15) is 0 Å². The van der Waals surface area contributed by atoms with E-state index in [9.17, 15) is 9.59 Å². The highest BCUT2D eigenvalue weighted by Gasteiger charge is 2.59.